The van der Waals surface area contributed by atoms with Crippen LogP contribution in [0.1, 0.15) is 26.5 Å². The summed E-state index contributed by atoms with van der Waals surface area (Å²) >= 11 is 1.10. The Labute approximate surface area is 172 Å². The SMILES string of the molecule is Cc1ccc(F)cc1NC(=O)c1cc2c(C)nn(-c3cccc(C(F)(F)F)c3)c2s1. The molecular weight excluding hydrogens is 418 g/mol. The highest BCUT2D eigenvalue weighted by molar-refractivity contribution is 7.20. The van der Waals surface area contributed by atoms with Crippen LogP contribution in [0.25, 0.3) is 15.9 Å². The van der Waals surface area contributed by atoms with Crippen molar-refractivity contribution in [1.82, 2.24) is 9.78 Å². The molecule has 0 aliphatic rings. The normalized spacial score (nSPS) is 11.8. The van der Waals surface area contributed by atoms with Crippen LogP contribution in [0.3, 0.4) is 0 Å². The number of hydrogen-bond donors (Lipinski definition) is 1. The van der Waals surface area contributed by atoms with Gasteiger partial charge in [0.2, 0.25) is 0 Å². The van der Waals surface area contributed by atoms with E-state index in [-0.39, 0.29) is 5.69 Å². The number of benzene rings is 2. The number of hydrogen-bond acceptors (Lipinski definition) is 3. The summed E-state index contributed by atoms with van der Waals surface area (Å²) in [5.74, 6) is -0.900. The molecule has 4 aromatic rings. The van der Waals surface area contributed by atoms with Crippen LogP contribution in [0.15, 0.2) is 48.5 Å². The van der Waals surface area contributed by atoms with Crippen LogP contribution in [0.4, 0.5) is 23.2 Å². The number of thiophene rings is 1. The zero-order valence-corrected chi connectivity index (χ0v) is 16.7. The maximum atomic E-state index is 13.5. The number of halogens is 4. The van der Waals surface area contributed by atoms with Gasteiger partial charge in [-0.15, -0.1) is 11.3 Å². The van der Waals surface area contributed by atoms with E-state index >= 15 is 0 Å². The highest BCUT2D eigenvalue weighted by Gasteiger charge is 2.31. The van der Waals surface area contributed by atoms with Crippen molar-refractivity contribution in [3.8, 4) is 5.69 Å². The van der Waals surface area contributed by atoms with E-state index in [2.05, 4.69) is 10.4 Å². The molecule has 0 aliphatic heterocycles. The Bertz CT molecular complexity index is 1270. The van der Waals surface area contributed by atoms with Crippen molar-refractivity contribution < 1.29 is 22.4 Å². The van der Waals surface area contributed by atoms with Gasteiger partial charge in [0.1, 0.15) is 10.6 Å². The predicted molar refractivity (Wildman–Crippen MR) is 108 cm³/mol. The smallest absolute Gasteiger partial charge is 0.321 e. The second-order valence-corrected chi connectivity index (χ2v) is 7.82. The highest BCUT2D eigenvalue weighted by atomic mass is 32.1. The van der Waals surface area contributed by atoms with Crippen LogP contribution in [0, 0.1) is 19.7 Å². The first-order valence-electron chi connectivity index (χ1n) is 8.88. The summed E-state index contributed by atoms with van der Waals surface area (Å²) in [6, 6.07) is 10.6. The Kier molecular flexibility index (Phi) is 4.85. The van der Waals surface area contributed by atoms with Crippen LogP contribution >= 0.6 is 11.3 Å². The van der Waals surface area contributed by atoms with Gasteiger partial charge in [0.05, 0.1) is 21.8 Å². The molecule has 0 aliphatic carbocycles. The second-order valence-electron chi connectivity index (χ2n) is 6.79. The number of alkyl halides is 3. The van der Waals surface area contributed by atoms with Crippen molar-refractivity contribution in [2.75, 3.05) is 5.32 Å². The Morgan fingerprint density at radius 1 is 1.10 bits per heavy atom. The summed E-state index contributed by atoms with van der Waals surface area (Å²) in [5, 5.41) is 7.68. The number of fused-ring (bicyclic) bond motifs is 1. The van der Waals surface area contributed by atoms with Crippen molar-refractivity contribution >= 4 is 33.1 Å². The van der Waals surface area contributed by atoms with E-state index in [9.17, 15) is 22.4 Å². The lowest BCUT2D eigenvalue weighted by Gasteiger charge is -2.09. The van der Waals surface area contributed by atoms with E-state index in [4.69, 9.17) is 0 Å². The molecule has 1 amide bonds. The molecule has 0 unspecified atom stereocenters. The van der Waals surface area contributed by atoms with E-state index < -0.39 is 23.5 Å². The van der Waals surface area contributed by atoms with Crippen molar-refractivity contribution in [2.45, 2.75) is 20.0 Å². The molecule has 2 aromatic carbocycles. The molecule has 0 atom stereocenters. The van der Waals surface area contributed by atoms with E-state index in [1.165, 1.54) is 28.9 Å². The number of carbonyl (C=O) groups excluding carboxylic acids is 1. The van der Waals surface area contributed by atoms with Crippen LogP contribution in [-0.2, 0) is 6.18 Å². The van der Waals surface area contributed by atoms with Crippen LogP contribution < -0.4 is 5.32 Å². The standard InChI is InChI=1S/C21H15F4N3OS/c1-11-6-7-14(22)9-17(11)26-19(29)18-10-16-12(2)27-28(20(16)30-18)15-5-3-4-13(8-15)21(23,24)25/h3-10H,1-2H3,(H,26,29). The minimum Gasteiger partial charge on any atom is -0.321 e. The summed E-state index contributed by atoms with van der Waals surface area (Å²) in [4.78, 5) is 13.6. The van der Waals surface area contributed by atoms with Crippen molar-refractivity contribution in [2.24, 2.45) is 0 Å². The molecule has 154 valence electrons. The number of rotatable bonds is 3. The zero-order chi connectivity index (χ0) is 21.6. The number of aromatic nitrogens is 2. The summed E-state index contributed by atoms with van der Waals surface area (Å²) in [6.07, 6.45) is -4.47. The first kappa shape index (κ1) is 20.1. The van der Waals surface area contributed by atoms with Gasteiger partial charge in [-0.25, -0.2) is 9.07 Å². The van der Waals surface area contributed by atoms with Gasteiger partial charge in [-0.3, -0.25) is 4.79 Å². The third-order valence-electron chi connectivity index (χ3n) is 4.63. The van der Waals surface area contributed by atoms with Crippen molar-refractivity contribution in [1.29, 1.82) is 0 Å². The van der Waals surface area contributed by atoms with Gasteiger partial charge < -0.3 is 5.32 Å². The fraction of sp³-hybridized carbons (Fsp3) is 0.143. The van der Waals surface area contributed by atoms with Crippen LogP contribution in [0.5, 0.6) is 0 Å². The molecule has 30 heavy (non-hydrogen) atoms. The largest absolute Gasteiger partial charge is 0.416 e. The van der Waals surface area contributed by atoms with Crippen molar-refractivity contribution in [3.63, 3.8) is 0 Å². The molecule has 1 N–H and O–H groups in total. The van der Waals surface area contributed by atoms with Crippen LogP contribution in [0.2, 0.25) is 0 Å². The minimum atomic E-state index is -4.47. The van der Waals surface area contributed by atoms with Gasteiger partial charge in [0.15, 0.2) is 0 Å². The zero-order valence-electron chi connectivity index (χ0n) is 15.8. The lowest BCUT2D eigenvalue weighted by Crippen LogP contribution is -2.11. The topological polar surface area (TPSA) is 46.9 Å². The highest BCUT2D eigenvalue weighted by Crippen LogP contribution is 2.34. The minimum absolute atomic E-state index is 0.248. The van der Waals surface area contributed by atoms with Gasteiger partial charge in [0, 0.05) is 11.1 Å². The van der Waals surface area contributed by atoms with Gasteiger partial charge in [-0.05, 0) is 55.8 Å². The fourth-order valence-corrected chi connectivity index (χ4v) is 4.14. The van der Waals surface area contributed by atoms with E-state index in [1.54, 1.807) is 26.0 Å². The van der Waals surface area contributed by atoms with Crippen LogP contribution in [-0.4, -0.2) is 15.7 Å². The Morgan fingerprint density at radius 2 is 1.87 bits per heavy atom. The first-order valence-corrected chi connectivity index (χ1v) is 9.69. The van der Waals surface area contributed by atoms with Gasteiger partial charge >= 0.3 is 6.18 Å². The average Bonchev–Trinajstić information content (AvgIpc) is 3.25. The fourth-order valence-electron chi connectivity index (χ4n) is 3.06. The summed E-state index contributed by atoms with van der Waals surface area (Å²) in [6.45, 7) is 3.47. The quantitative estimate of drug-likeness (QED) is 0.396. The lowest BCUT2D eigenvalue weighted by atomic mass is 10.2. The van der Waals surface area contributed by atoms with Gasteiger partial charge in [-0.1, -0.05) is 12.1 Å². The number of nitrogens with one attached hydrogen (secondary N) is 1. The molecule has 0 radical (unpaired) electrons. The summed E-state index contributed by atoms with van der Waals surface area (Å²) < 4.78 is 54.1. The van der Waals surface area contributed by atoms with Gasteiger partial charge in [-0.2, -0.15) is 18.3 Å². The molecule has 2 heterocycles. The first-order chi connectivity index (χ1) is 14.1. The van der Waals surface area contributed by atoms with E-state index in [0.29, 0.717) is 32.0 Å². The Balaban J connectivity index is 1.72. The third kappa shape index (κ3) is 3.68. The van der Waals surface area contributed by atoms with Crippen molar-refractivity contribution in [3.05, 3.63) is 76.0 Å². The molecule has 0 saturated carbocycles. The molecule has 0 spiro atoms. The van der Waals surface area contributed by atoms with E-state index in [1.807, 2.05) is 0 Å². The van der Waals surface area contributed by atoms with E-state index in [0.717, 1.165) is 23.5 Å². The Morgan fingerprint density at radius 3 is 2.60 bits per heavy atom. The molecule has 9 heteroatoms. The molecule has 0 saturated heterocycles. The molecule has 2 aromatic heterocycles. The number of carbonyl (C=O) groups is 1. The third-order valence-corrected chi connectivity index (χ3v) is 5.74. The molecular formula is C21H15F4N3OS. The summed E-state index contributed by atoms with van der Waals surface area (Å²) in [5.41, 5.74) is 1.11. The predicted octanol–water partition coefficient (Wildman–Crippen LogP) is 6.11. The van der Waals surface area contributed by atoms with Gasteiger partial charge in [0.25, 0.3) is 5.91 Å². The lowest BCUT2D eigenvalue weighted by molar-refractivity contribution is -0.137. The maximum Gasteiger partial charge on any atom is 0.416 e. The summed E-state index contributed by atoms with van der Waals surface area (Å²) in [7, 11) is 0. The number of amides is 1. The average molecular weight is 433 g/mol. The molecule has 4 rings (SSSR count). The molecule has 4 nitrogen and oxygen atoms in total. The molecule has 0 bridgehead atoms. The number of anilines is 1. The molecule has 0 fully saturated rings. The second kappa shape index (κ2) is 7.24. The number of nitrogens with zero attached hydrogens (tertiary/aromatic N) is 2. The monoisotopic (exact) mass is 433 g/mol. The number of aryl methyl sites for hydroxylation is 2. The Hall–Kier alpha value is -3.20. The maximum absolute atomic E-state index is 13.5.